The molecule has 1 amide bonds. The summed E-state index contributed by atoms with van der Waals surface area (Å²) in [4.78, 5) is 16.4. The molecule has 4 aromatic rings. The van der Waals surface area contributed by atoms with Gasteiger partial charge < -0.3 is 9.73 Å². The standard InChI is InChI=1S/C20H16FN5O2/c21-15-6-4-14(5-7-15)18-11-22-20(28-18)9-8-19(27)25-16-2-1-3-17(10-16)26-12-23-24-13-26/h1-7,10-13H,8-9H2,(H,25,27). The van der Waals surface area contributed by atoms with Gasteiger partial charge in [-0.15, -0.1) is 10.2 Å². The Bertz CT molecular complexity index is 1070. The molecule has 0 unspecified atom stereocenters. The van der Waals surface area contributed by atoms with E-state index in [9.17, 15) is 9.18 Å². The van der Waals surface area contributed by atoms with Crippen LogP contribution in [0.4, 0.5) is 10.1 Å². The molecule has 0 aliphatic rings. The molecule has 0 saturated heterocycles. The van der Waals surface area contributed by atoms with Gasteiger partial charge >= 0.3 is 0 Å². The maximum atomic E-state index is 13.0. The number of carbonyl (C=O) groups is 1. The second kappa shape index (κ2) is 7.83. The van der Waals surface area contributed by atoms with Gasteiger partial charge in [0, 0.05) is 24.1 Å². The number of benzene rings is 2. The molecule has 1 N–H and O–H groups in total. The van der Waals surface area contributed by atoms with Crippen molar-refractivity contribution in [3.63, 3.8) is 0 Å². The Labute approximate surface area is 159 Å². The van der Waals surface area contributed by atoms with E-state index in [1.165, 1.54) is 12.1 Å². The van der Waals surface area contributed by atoms with Gasteiger partial charge in [0.05, 0.1) is 11.9 Å². The highest BCUT2D eigenvalue weighted by Gasteiger charge is 2.10. The summed E-state index contributed by atoms with van der Waals surface area (Å²) in [5.74, 6) is 0.528. The highest BCUT2D eigenvalue weighted by Crippen LogP contribution is 2.21. The van der Waals surface area contributed by atoms with Gasteiger partial charge in [0.15, 0.2) is 11.7 Å². The molecule has 0 radical (unpaired) electrons. The van der Waals surface area contributed by atoms with Crippen LogP contribution in [0.15, 0.2) is 71.8 Å². The zero-order valence-electron chi connectivity index (χ0n) is 14.7. The molecule has 0 fully saturated rings. The van der Waals surface area contributed by atoms with Gasteiger partial charge in [-0.2, -0.15) is 0 Å². The zero-order chi connectivity index (χ0) is 19.3. The Kier molecular flexibility index (Phi) is 4.92. The Morgan fingerprint density at radius 3 is 2.68 bits per heavy atom. The van der Waals surface area contributed by atoms with Crippen molar-refractivity contribution in [1.29, 1.82) is 0 Å². The molecular formula is C20H16FN5O2. The first-order valence-electron chi connectivity index (χ1n) is 8.63. The number of nitrogens with zero attached hydrogens (tertiary/aromatic N) is 4. The van der Waals surface area contributed by atoms with E-state index in [0.717, 1.165) is 11.3 Å². The first-order chi connectivity index (χ1) is 13.7. The fraction of sp³-hybridized carbons (Fsp3) is 0.100. The smallest absolute Gasteiger partial charge is 0.224 e. The molecule has 0 bridgehead atoms. The molecule has 28 heavy (non-hydrogen) atoms. The Morgan fingerprint density at radius 1 is 1.11 bits per heavy atom. The quantitative estimate of drug-likeness (QED) is 0.554. The van der Waals surface area contributed by atoms with Crippen LogP contribution in [0.25, 0.3) is 17.0 Å². The van der Waals surface area contributed by atoms with Gasteiger partial charge in [-0.25, -0.2) is 9.37 Å². The maximum absolute atomic E-state index is 13.0. The van der Waals surface area contributed by atoms with Gasteiger partial charge in [-0.3, -0.25) is 9.36 Å². The fourth-order valence-corrected chi connectivity index (χ4v) is 2.70. The van der Waals surface area contributed by atoms with Gasteiger partial charge in [0.25, 0.3) is 0 Å². The van der Waals surface area contributed by atoms with Crippen LogP contribution in [0.3, 0.4) is 0 Å². The summed E-state index contributed by atoms with van der Waals surface area (Å²) in [6.45, 7) is 0. The summed E-state index contributed by atoms with van der Waals surface area (Å²) in [6.07, 6.45) is 5.33. The molecule has 0 aliphatic heterocycles. The topological polar surface area (TPSA) is 85.8 Å². The lowest BCUT2D eigenvalue weighted by Gasteiger charge is -2.07. The molecule has 0 aliphatic carbocycles. The summed E-state index contributed by atoms with van der Waals surface area (Å²) in [5.41, 5.74) is 2.26. The Balaban J connectivity index is 1.35. The normalized spacial score (nSPS) is 10.8. The summed E-state index contributed by atoms with van der Waals surface area (Å²) >= 11 is 0. The SMILES string of the molecule is O=C(CCc1ncc(-c2ccc(F)cc2)o1)Nc1cccc(-n2cnnc2)c1. The first-order valence-corrected chi connectivity index (χ1v) is 8.63. The number of rotatable bonds is 6. The van der Waals surface area contributed by atoms with Gasteiger partial charge in [-0.1, -0.05) is 6.07 Å². The Morgan fingerprint density at radius 2 is 1.89 bits per heavy atom. The van der Waals surface area contributed by atoms with Crippen LogP contribution in [0, 0.1) is 5.82 Å². The predicted octanol–water partition coefficient (Wildman–Crippen LogP) is 3.63. The third-order valence-corrected chi connectivity index (χ3v) is 4.10. The minimum atomic E-state index is -0.312. The molecule has 7 nitrogen and oxygen atoms in total. The number of hydrogen-bond acceptors (Lipinski definition) is 5. The highest BCUT2D eigenvalue weighted by atomic mass is 19.1. The Hall–Kier alpha value is -3.81. The molecule has 0 spiro atoms. The van der Waals surface area contributed by atoms with Crippen LogP contribution in [-0.4, -0.2) is 25.7 Å². The lowest BCUT2D eigenvalue weighted by atomic mass is 10.2. The first kappa shape index (κ1) is 17.6. The predicted molar refractivity (Wildman–Crippen MR) is 100 cm³/mol. The van der Waals surface area contributed by atoms with E-state index in [1.807, 2.05) is 24.3 Å². The number of amides is 1. The third-order valence-electron chi connectivity index (χ3n) is 4.10. The lowest BCUT2D eigenvalue weighted by molar-refractivity contribution is -0.116. The summed E-state index contributed by atoms with van der Waals surface area (Å²) < 4.78 is 20.4. The summed E-state index contributed by atoms with van der Waals surface area (Å²) in [7, 11) is 0. The molecule has 8 heteroatoms. The molecule has 0 saturated carbocycles. The molecular weight excluding hydrogens is 361 g/mol. The van der Waals surface area contributed by atoms with Gasteiger partial charge in [-0.05, 0) is 42.5 Å². The van der Waals surface area contributed by atoms with E-state index in [0.29, 0.717) is 23.8 Å². The van der Waals surface area contributed by atoms with Crippen molar-refractivity contribution in [2.24, 2.45) is 0 Å². The zero-order valence-corrected chi connectivity index (χ0v) is 14.7. The average molecular weight is 377 g/mol. The van der Waals surface area contributed by atoms with Crippen molar-refractivity contribution >= 4 is 11.6 Å². The number of nitrogens with one attached hydrogen (secondary N) is 1. The van der Waals surface area contributed by atoms with Crippen molar-refractivity contribution in [2.75, 3.05) is 5.32 Å². The molecule has 2 aromatic heterocycles. The van der Waals surface area contributed by atoms with E-state index >= 15 is 0 Å². The molecule has 140 valence electrons. The molecule has 0 atom stereocenters. The maximum Gasteiger partial charge on any atom is 0.224 e. The van der Waals surface area contributed by atoms with Crippen LogP contribution in [0.1, 0.15) is 12.3 Å². The number of aromatic nitrogens is 4. The van der Waals surface area contributed by atoms with E-state index in [1.54, 1.807) is 35.6 Å². The van der Waals surface area contributed by atoms with Crippen molar-refractivity contribution in [1.82, 2.24) is 19.7 Å². The molecule has 2 heterocycles. The number of aryl methyl sites for hydroxylation is 1. The van der Waals surface area contributed by atoms with E-state index < -0.39 is 0 Å². The second-order valence-electron chi connectivity index (χ2n) is 6.09. The monoisotopic (exact) mass is 377 g/mol. The average Bonchev–Trinajstić information content (AvgIpc) is 3.40. The number of anilines is 1. The molecule has 2 aromatic carbocycles. The fourth-order valence-electron chi connectivity index (χ4n) is 2.70. The van der Waals surface area contributed by atoms with Crippen LogP contribution in [-0.2, 0) is 11.2 Å². The highest BCUT2D eigenvalue weighted by molar-refractivity contribution is 5.91. The van der Waals surface area contributed by atoms with Crippen molar-refractivity contribution in [2.45, 2.75) is 12.8 Å². The summed E-state index contributed by atoms with van der Waals surface area (Å²) in [5, 5.41) is 10.4. The van der Waals surface area contributed by atoms with Gasteiger partial charge in [0.2, 0.25) is 5.91 Å². The number of oxazole rings is 1. The van der Waals surface area contributed by atoms with E-state index in [4.69, 9.17) is 4.42 Å². The molecule has 4 rings (SSSR count). The minimum Gasteiger partial charge on any atom is -0.441 e. The van der Waals surface area contributed by atoms with Crippen LogP contribution < -0.4 is 5.32 Å². The van der Waals surface area contributed by atoms with E-state index in [2.05, 4.69) is 20.5 Å². The number of halogens is 1. The van der Waals surface area contributed by atoms with Crippen molar-refractivity contribution in [3.8, 4) is 17.0 Å². The van der Waals surface area contributed by atoms with Crippen molar-refractivity contribution in [3.05, 3.63) is 79.1 Å². The van der Waals surface area contributed by atoms with Crippen LogP contribution in [0.5, 0.6) is 0 Å². The number of carbonyl (C=O) groups excluding carboxylic acids is 1. The third kappa shape index (κ3) is 4.12. The number of hydrogen-bond donors (Lipinski definition) is 1. The summed E-state index contributed by atoms with van der Waals surface area (Å²) in [6, 6.07) is 13.3. The van der Waals surface area contributed by atoms with Crippen LogP contribution in [0.2, 0.25) is 0 Å². The lowest BCUT2D eigenvalue weighted by Crippen LogP contribution is -2.12. The van der Waals surface area contributed by atoms with Crippen LogP contribution >= 0.6 is 0 Å². The van der Waals surface area contributed by atoms with Gasteiger partial charge in [0.1, 0.15) is 18.5 Å². The minimum absolute atomic E-state index is 0.151. The van der Waals surface area contributed by atoms with Crippen molar-refractivity contribution < 1.29 is 13.6 Å². The second-order valence-corrected chi connectivity index (χ2v) is 6.09. The largest absolute Gasteiger partial charge is 0.441 e. The van der Waals surface area contributed by atoms with E-state index in [-0.39, 0.29) is 18.1 Å².